The van der Waals surface area contributed by atoms with Gasteiger partial charge >= 0.3 is 0 Å². The Morgan fingerprint density at radius 2 is 1.73 bits per heavy atom. The van der Waals surface area contributed by atoms with Gasteiger partial charge in [-0.2, -0.15) is 0 Å². The van der Waals surface area contributed by atoms with Gasteiger partial charge in [0.2, 0.25) is 0 Å². The van der Waals surface area contributed by atoms with Gasteiger partial charge < -0.3 is 9.09 Å². The van der Waals surface area contributed by atoms with Crippen LogP contribution in [0.5, 0.6) is 0 Å². The Labute approximate surface area is 174 Å². The Balaban J connectivity index is 1.77. The highest BCUT2D eigenvalue weighted by molar-refractivity contribution is 5.80. The molecule has 4 heterocycles. The van der Waals surface area contributed by atoms with E-state index >= 15 is 0 Å². The molecule has 4 aromatic heterocycles. The van der Waals surface area contributed by atoms with E-state index in [1.165, 1.54) is 0 Å². The first kappa shape index (κ1) is 18.2. The molecule has 1 aromatic carbocycles. The van der Waals surface area contributed by atoms with Crippen LogP contribution in [-0.4, -0.2) is 24.7 Å². The summed E-state index contributed by atoms with van der Waals surface area (Å²) in [5.74, 6) is 1.66. The van der Waals surface area contributed by atoms with Gasteiger partial charge in [-0.15, -0.1) is 0 Å². The van der Waals surface area contributed by atoms with E-state index in [1.807, 2.05) is 63.5 Å². The van der Waals surface area contributed by atoms with Crippen molar-refractivity contribution in [3.63, 3.8) is 0 Å². The van der Waals surface area contributed by atoms with Gasteiger partial charge in [-0.3, -0.25) is 4.98 Å². The van der Waals surface area contributed by atoms with E-state index in [4.69, 9.17) is 9.51 Å². The summed E-state index contributed by atoms with van der Waals surface area (Å²) in [4.78, 5) is 14.1. The molecule has 6 heteroatoms. The summed E-state index contributed by atoms with van der Waals surface area (Å²) in [7, 11) is 0. The monoisotopic (exact) mass is 395 g/mol. The predicted molar refractivity (Wildman–Crippen MR) is 115 cm³/mol. The average molecular weight is 395 g/mol. The molecule has 0 aliphatic heterocycles. The zero-order valence-corrected chi connectivity index (χ0v) is 17.1. The molecule has 0 bridgehead atoms. The van der Waals surface area contributed by atoms with Crippen LogP contribution in [0.25, 0.3) is 22.3 Å². The summed E-state index contributed by atoms with van der Waals surface area (Å²) in [5, 5.41) is 4.10. The number of hydrogen-bond acceptors (Lipinski definition) is 5. The molecule has 6 nitrogen and oxygen atoms in total. The van der Waals surface area contributed by atoms with Gasteiger partial charge in [-0.1, -0.05) is 41.6 Å². The molecule has 0 saturated carbocycles. The predicted octanol–water partition coefficient (Wildman–Crippen LogP) is 5.04. The zero-order valence-electron chi connectivity index (χ0n) is 17.1. The van der Waals surface area contributed by atoms with Crippen LogP contribution in [0.4, 0.5) is 0 Å². The third-order valence-electron chi connectivity index (χ3n) is 5.39. The van der Waals surface area contributed by atoms with Crippen molar-refractivity contribution < 1.29 is 4.52 Å². The lowest BCUT2D eigenvalue weighted by molar-refractivity contribution is 0.393. The van der Waals surface area contributed by atoms with Crippen molar-refractivity contribution in [3.8, 4) is 11.1 Å². The van der Waals surface area contributed by atoms with E-state index in [0.717, 1.165) is 45.2 Å². The second-order valence-electron chi connectivity index (χ2n) is 7.36. The lowest BCUT2D eigenvalue weighted by Crippen LogP contribution is -2.15. The third kappa shape index (κ3) is 2.97. The van der Waals surface area contributed by atoms with Gasteiger partial charge in [-0.25, -0.2) is 9.97 Å². The van der Waals surface area contributed by atoms with E-state index < -0.39 is 0 Å². The van der Waals surface area contributed by atoms with Crippen molar-refractivity contribution in [1.29, 1.82) is 0 Å². The number of imidazole rings is 1. The largest absolute Gasteiger partial charge is 0.361 e. The zero-order chi connectivity index (χ0) is 20.7. The highest BCUT2D eigenvalue weighted by atomic mass is 16.5. The highest BCUT2D eigenvalue weighted by Crippen LogP contribution is 2.33. The van der Waals surface area contributed by atoms with Gasteiger partial charge in [-0.05, 0) is 44.5 Å². The fourth-order valence-corrected chi connectivity index (χ4v) is 4.07. The topological polar surface area (TPSA) is 69.6 Å². The molecule has 0 aliphatic carbocycles. The molecule has 0 radical (unpaired) electrons. The quantitative estimate of drug-likeness (QED) is 0.426. The number of rotatable bonds is 4. The molecule has 1 atom stereocenters. The maximum Gasteiger partial charge on any atom is 0.177 e. The molecular formula is C24H21N5O. The Morgan fingerprint density at radius 1 is 0.933 bits per heavy atom. The lowest BCUT2D eigenvalue weighted by Gasteiger charge is -2.21. The molecule has 5 aromatic rings. The van der Waals surface area contributed by atoms with Gasteiger partial charge in [0, 0.05) is 23.5 Å². The van der Waals surface area contributed by atoms with E-state index in [9.17, 15) is 0 Å². The van der Waals surface area contributed by atoms with Crippen molar-refractivity contribution in [2.75, 3.05) is 0 Å². The minimum atomic E-state index is -0.112. The normalized spacial score (nSPS) is 12.4. The molecule has 0 fully saturated rings. The first-order valence-electron chi connectivity index (χ1n) is 9.87. The van der Waals surface area contributed by atoms with Crippen LogP contribution in [0.1, 0.15) is 34.6 Å². The Hall–Kier alpha value is -3.80. The van der Waals surface area contributed by atoms with Crippen molar-refractivity contribution in [1.82, 2.24) is 24.7 Å². The molecule has 1 unspecified atom stereocenters. The van der Waals surface area contributed by atoms with Crippen LogP contribution in [0.15, 0.2) is 71.5 Å². The van der Waals surface area contributed by atoms with Gasteiger partial charge in [0.05, 0.1) is 16.9 Å². The van der Waals surface area contributed by atoms with Crippen molar-refractivity contribution >= 4 is 11.2 Å². The number of pyridine rings is 2. The summed E-state index contributed by atoms with van der Waals surface area (Å²) >= 11 is 0. The van der Waals surface area contributed by atoms with Gasteiger partial charge in [0.1, 0.15) is 17.6 Å². The number of nitrogens with zero attached hydrogens (tertiary/aromatic N) is 5. The SMILES string of the molecule is Cc1noc(C)c1-c1cnc2nc(C)n(C(c3ccccc3)c3ccccn3)c2c1. The first-order valence-corrected chi connectivity index (χ1v) is 9.87. The molecule has 0 aliphatic rings. The second kappa shape index (κ2) is 7.22. The number of benzene rings is 1. The van der Waals surface area contributed by atoms with E-state index in [-0.39, 0.29) is 6.04 Å². The molecular weight excluding hydrogens is 374 g/mol. The van der Waals surface area contributed by atoms with Crippen LogP contribution in [0.3, 0.4) is 0 Å². The molecule has 0 spiro atoms. The van der Waals surface area contributed by atoms with Crippen molar-refractivity contribution in [3.05, 3.63) is 95.5 Å². The molecule has 5 rings (SSSR count). The maximum atomic E-state index is 5.37. The molecule has 0 N–H and O–H groups in total. The second-order valence-corrected chi connectivity index (χ2v) is 7.36. The van der Waals surface area contributed by atoms with E-state index in [2.05, 4.69) is 44.0 Å². The molecule has 30 heavy (non-hydrogen) atoms. The first-order chi connectivity index (χ1) is 14.6. The summed E-state index contributed by atoms with van der Waals surface area (Å²) in [6, 6.07) is 18.4. The van der Waals surface area contributed by atoms with E-state index in [1.54, 1.807) is 0 Å². The molecule has 148 valence electrons. The van der Waals surface area contributed by atoms with Crippen molar-refractivity contribution in [2.24, 2.45) is 0 Å². The average Bonchev–Trinajstić information content (AvgIpc) is 3.28. The number of hydrogen-bond donors (Lipinski definition) is 0. The Morgan fingerprint density at radius 3 is 2.43 bits per heavy atom. The minimum Gasteiger partial charge on any atom is -0.361 e. The number of aromatic nitrogens is 5. The Kier molecular flexibility index (Phi) is 4.39. The number of aryl methyl sites for hydroxylation is 3. The van der Waals surface area contributed by atoms with Gasteiger partial charge in [0.15, 0.2) is 5.65 Å². The standard InChI is InChI=1S/C24H21N5O/c1-15-22(16(2)30-28-15)19-13-21-24(26-14-19)27-17(3)29(21)23(18-9-5-4-6-10-18)20-11-7-8-12-25-20/h4-14,23H,1-3H3. The van der Waals surface area contributed by atoms with Crippen LogP contribution >= 0.6 is 0 Å². The third-order valence-corrected chi connectivity index (χ3v) is 5.39. The van der Waals surface area contributed by atoms with Crippen LogP contribution in [0.2, 0.25) is 0 Å². The smallest absolute Gasteiger partial charge is 0.177 e. The molecule has 0 saturated heterocycles. The van der Waals surface area contributed by atoms with Crippen LogP contribution in [-0.2, 0) is 0 Å². The molecule has 0 amide bonds. The maximum absolute atomic E-state index is 5.37. The highest BCUT2D eigenvalue weighted by Gasteiger charge is 2.23. The summed E-state index contributed by atoms with van der Waals surface area (Å²) in [6.07, 6.45) is 3.66. The fraction of sp³-hybridized carbons (Fsp3) is 0.167. The van der Waals surface area contributed by atoms with E-state index in [0.29, 0.717) is 5.65 Å². The van der Waals surface area contributed by atoms with Crippen LogP contribution < -0.4 is 0 Å². The van der Waals surface area contributed by atoms with Crippen molar-refractivity contribution in [2.45, 2.75) is 26.8 Å². The number of fused-ring (bicyclic) bond motifs is 1. The van der Waals surface area contributed by atoms with Gasteiger partial charge in [0.25, 0.3) is 0 Å². The summed E-state index contributed by atoms with van der Waals surface area (Å²) in [5.41, 5.74) is 6.54. The minimum absolute atomic E-state index is 0.112. The summed E-state index contributed by atoms with van der Waals surface area (Å²) < 4.78 is 7.58. The van der Waals surface area contributed by atoms with Crippen LogP contribution in [0, 0.1) is 20.8 Å². The lowest BCUT2D eigenvalue weighted by atomic mass is 10.0. The Bertz CT molecular complexity index is 1260. The fourth-order valence-electron chi connectivity index (χ4n) is 4.07. The summed E-state index contributed by atoms with van der Waals surface area (Å²) in [6.45, 7) is 5.87.